The maximum atomic E-state index is 11.7. The van der Waals surface area contributed by atoms with Crippen LogP contribution in [0.5, 0.6) is 0 Å². The van der Waals surface area contributed by atoms with E-state index in [2.05, 4.69) is 10.0 Å². The van der Waals surface area contributed by atoms with Gasteiger partial charge in [-0.3, -0.25) is 0 Å². The van der Waals surface area contributed by atoms with E-state index < -0.39 is 10.0 Å². The van der Waals surface area contributed by atoms with Crippen LogP contribution in [0.3, 0.4) is 0 Å². The molecule has 90 valence electrons. The Bertz CT molecular complexity index is 271. The Morgan fingerprint density at radius 3 is 2.53 bits per heavy atom. The maximum Gasteiger partial charge on any atom is 0.212 e. The monoisotopic (exact) mass is 234 g/mol. The average Bonchev–Trinajstić information content (AvgIpc) is 2.17. The summed E-state index contributed by atoms with van der Waals surface area (Å²) in [5.41, 5.74) is 0. The van der Waals surface area contributed by atoms with E-state index in [1.807, 2.05) is 13.8 Å². The van der Waals surface area contributed by atoms with E-state index >= 15 is 0 Å². The Kier molecular flexibility index (Phi) is 5.02. The molecule has 1 aliphatic heterocycles. The molecule has 1 rings (SSSR count). The lowest BCUT2D eigenvalue weighted by molar-refractivity contribution is 0.399. The summed E-state index contributed by atoms with van der Waals surface area (Å²) < 4.78 is 26.2. The zero-order valence-electron chi connectivity index (χ0n) is 9.62. The highest BCUT2D eigenvalue weighted by molar-refractivity contribution is 7.89. The van der Waals surface area contributed by atoms with Gasteiger partial charge in [-0.05, 0) is 45.2 Å². The molecular formula is C10H22N2O2S. The summed E-state index contributed by atoms with van der Waals surface area (Å²) in [5.74, 6) is 0.617. The number of sulfonamides is 1. The molecule has 2 N–H and O–H groups in total. The minimum atomic E-state index is -3.07. The lowest BCUT2D eigenvalue weighted by atomic mass is 10.0. The largest absolute Gasteiger partial charge is 0.317 e. The van der Waals surface area contributed by atoms with Gasteiger partial charge in [0.1, 0.15) is 0 Å². The molecular weight excluding hydrogens is 212 g/mol. The highest BCUT2D eigenvalue weighted by atomic mass is 32.2. The normalized spacial score (nSPS) is 21.5. The predicted octanol–water partition coefficient (Wildman–Crippen LogP) is 0.704. The van der Waals surface area contributed by atoms with Crippen LogP contribution in [-0.2, 0) is 10.0 Å². The van der Waals surface area contributed by atoms with Crippen molar-refractivity contribution in [3.63, 3.8) is 0 Å². The summed E-state index contributed by atoms with van der Waals surface area (Å²) in [7, 11) is -3.07. The Balaban J connectivity index is 2.40. The van der Waals surface area contributed by atoms with Crippen LogP contribution in [0.4, 0.5) is 0 Å². The summed E-state index contributed by atoms with van der Waals surface area (Å²) >= 11 is 0. The van der Waals surface area contributed by atoms with Crippen LogP contribution in [0.15, 0.2) is 0 Å². The minimum absolute atomic E-state index is 0.0525. The van der Waals surface area contributed by atoms with Gasteiger partial charge in [-0.25, -0.2) is 13.1 Å². The summed E-state index contributed by atoms with van der Waals surface area (Å²) in [4.78, 5) is 0. The number of hydrogen-bond acceptors (Lipinski definition) is 3. The third-order valence-corrected chi connectivity index (χ3v) is 4.58. The molecule has 0 radical (unpaired) electrons. The van der Waals surface area contributed by atoms with E-state index in [4.69, 9.17) is 0 Å². The number of nitrogens with one attached hydrogen (secondary N) is 2. The highest BCUT2D eigenvalue weighted by Gasteiger charge is 2.21. The van der Waals surface area contributed by atoms with Gasteiger partial charge in [0.25, 0.3) is 0 Å². The summed E-state index contributed by atoms with van der Waals surface area (Å²) in [6.45, 7) is 5.78. The van der Waals surface area contributed by atoms with Gasteiger partial charge < -0.3 is 5.32 Å². The second-order valence-corrected chi connectivity index (χ2v) is 6.20. The second kappa shape index (κ2) is 5.82. The SMILES string of the molecule is CCC(C)NS(=O)(=O)CC1CCNCC1. The molecule has 0 bridgehead atoms. The molecule has 1 saturated heterocycles. The van der Waals surface area contributed by atoms with Crippen LogP contribution >= 0.6 is 0 Å². The molecule has 0 saturated carbocycles. The van der Waals surface area contributed by atoms with Gasteiger partial charge >= 0.3 is 0 Å². The second-order valence-electron chi connectivity index (χ2n) is 4.40. The molecule has 1 unspecified atom stereocenters. The van der Waals surface area contributed by atoms with Crippen LogP contribution in [-0.4, -0.2) is 33.3 Å². The smallest absolute Gasteiger partial charge is 0.212 e. The first kappa shape index (κ1) is 12.9. The lowest BCUT2D eigenvalue weighted by Gasteiger charge is -2.23. The highest BCUT2D eigenvalue weighted by Crippen LogP contribution is 2.13. The van der Waals surface area contributed by atoms with E-state index in [1.54, 1.807) is 0 Å². The molecule has 0 aromatic carbocycles. The molecule has 1 heterocycles. The van der Waals surface area contributed by atoms with Crippen molar-refractivity contribution in [2.75, 3.05) is 18.8 Å². The Morgan fingerprint density at radius 1 is 1.40 bits per heavy atom. The molecule has 4 nitrogen and oxygen atoms in total. The number of hydrogen-bond donors (Lipinski definition) is 2. The first-order valence-electron chi connectivity index (χ1n) is 5.74. The Morgan fingerprint density at radius 2 is 2.00 bits per heavy atom. The van der Waals surface area contributed by atoms with Crippen molar-refractivity contribution in [2.24, 2.45) is 5.92 Å². The van der Waals surface area contributed by atoms with Gasteiger partial charge in [0, 0.05) is 6.04 Å². The third-order valence-electron chi connectivity index (χ3n) is 2.91. The zero-order valence-corrected chi connectivity index (χ0v) is 10.4. The van der Waals surface area contributed by atoms with Crippen molar-refractivity contribution in [3.8, 4) is 0 Å². The molecule has 5 heteroatoms. The van der Waals surface area contributed by atoms with Crippen molar-refractivity contribution >= 4 is 10.0 Å². The fourth-order valence-electron chi connectivity index (χ4n) is 1.80. The Hall–Kier alpha value is -0.130. The minimum Gasteiger partial charge on any atom is -0.317 e. The van der Waals surface area contributed by atoms with E-state index in [0.29, 0.717) is 11.7 Å². The summed E-state index contributed by atoms with van der Waals surface area (Å²) in [6, 6.07) is 0.0525. The van der Waals surface area contributed by atoms with E-state index in [9.17, 15) is 8.42 Å². The van der Waals surface area contributed by atoms with Crippen LogP contribution < -0.4 is 10.0 Å². The predicted molar refractivity (Wildman–Crippen MR) is 62.3 cm³/mol. The van der Waals surface area contributed by atoms with Gasteiger partial charge in [-0.2, -0.15) is 0 Å². The Labute approximate surface area is 92.9 Å². The summed E-state index contributed by atoms with van der Waals surface area (Å²) in [6.07, 6.45) is 2.79. The van der Waals surface area contributed by atoms with Gasteiger partial charge in [-0.1, -0.05) is 6.92 Å². The van der Waals surface area contributed by atoms with Crippen molar-refractivity contribution in [3.05, 3.63) is 0 Å². The van der Waals surface area contributed by atoms with Crippen molar-refractivity contribution in [1.29, 1.82) is 0 Å². The van der Waals surface area contributed by atoms with Gasteiger partial charge in [0.05, 0.1) is 5.75 Å². The molecule has 0 amide bonds. The molecule has 1 atom stereocenters. The molecule has 1 fully saturated rings. The first-order valence-corrected chi connectivity index (χ1v) is 7.39. The molecule has 0 aliphatic carbocycles. The number of rotatable bonds is 5. The van der Waals surface area contributed by atoms with E-state index in [-0.39, 0.29) is 6.04 Å². The van der Waals surface area contributed by atoms with Gasteiger partial charge in [0.15, 0.2) is 0 Å². The number of piperidine rings is 1. The van der Waals surface area contributed by atoms with Gasteiger partial charge in [-0.15, -0.1) is 0 Å². The van der Waals surface area contributed by atoms with Crippen molar-refractivity contribution < 1.29 is 8.42 Å². The van der Waals surface area contributed by atoms with Crippen LogP contribution in [0.25, 0.3) is 0 Å². The molecule has 1 aliphatic rings. The van der Waals surface area contributed by atoms with E-state index in [1.165, 1.54) is 0 Å². The van der Waals surface area contributed by atoms with Crippen LogP contribution in [0.2, 0.25) is 0 Å². The quantitative estimate of drug-likeness (QED) is 0.736. The first-order chi connectivity index (χ1) is 7.03. The van der Waals surface area contributed by atoms with Crippen molar-refractivity contribution in [2.45, 2.75) is 39.2 Å². The van der Waals surface area contributed by atoms with Crippen molar-refractivity contribution in [1.82, 2.24) is 10.0 Å². The molecule has 0 spiro atoms. The average molecular weight is 234 g/mol. The molecule has 15 heavy (non-hydrogen) atoms. The fourth-order valence-corrected chi connectivity index (χ4v) is 3.63. The van der Waals surface area contributed by atoms with Gasteiger partial charge in [0.2, 0.25) is 10.0 Å². The molecule has 0 aromatic rings. The van der Waals surface area contributed by atoms with E-state index in [0.717, 1.165) is 32.4 Å². The van der Waals surface area contributed by atoms with Crippen LogP contribution in [0.1, 0.15) is 33.1 Å². The van der Waals surface area contributed by atoms with Crippen LogP contribution in [0, 0.1) is 5.92 Å². The zero-order chi connectivity index (χ0) is 11.3. The lowest BCUT2D eigenvalue weighted by Crippen LogP contribution is -2.38. The third kappa shape index (κ3) is 4.95. The molecule has 0 aromatic heterocycles. The maximum absolute atomic E-state index is 11.7. The summed E-state index contributed by atoms with van der Waals surface area (Å²) in [5, 5.41) is 3.24. The topological polar surface area (TPSA) is 58.2 Å². The fraction of sp³-hybridized carbons (Fsp3) is 1.00. The standard InChI is InChI=1S/C10H22N2O2S/c1-3-9(2)12-15(13,14)8-10-4-6-11-7-5-10/h9-12H,3-8H2,1-2H3.